The highest BCUT2D eigenvalue weighted by Crippen LogP contribution is 2.27. The Kier molecular flexibility index (Phi) is 7.33. The van der Waals surface area contributed by atoms with Crippen LogP contribution in [-0.4, -0.2) is 45.2 Å². The maximum Gasteiger partial charge on any atom is 0.260 e. The molecule has 3 aromatic rings. The van der Waals surface area contributed by atoms with Crippen LogP contribution in [0.2, 0.25) is 0 Å². The first-order chi connectivity index (χ1) is 14.6. The van der Waals surface area contributed by atoms with Gasteiger partial charge in [0, 0.05) is 13.6 Å². The van der Waals surface area contributed by atoms with Crippen LogP contribution in [-0.2, 0) is 11.2 Å². The number of nitrogens with zero attached hydrogens (tertiary/aromatic N) is 1. The summed E-state index contributed by atoms with van der Waals surface area (Å²) in [4.78, 5) is 14.1. The molecule has 0 saturated carbocycles. The molecule has 0 spiro atoms. The van der Waals surface area contributed by atoms with E-state index >= 15 is 0 Å². The highest BCUT2D eigenvalue weighted by Gasteiger charge is 2.11. The Labute approximate surface area is 177 Å². The zero-order valence-electron chi connectivity index (χ0n) is 17.6. The van der Waals surface area contributed by atoms with Gasteiger partial charge in [-0.15, -0.1) is 0 Å². The lowest BCUT2D eigenvalue weighted by molar-refractivity contribution is -0.132. The van der Waals surface area contributed by atoms with Gasteiger partial charge in [-0.2, -0.15) is 0 Å². The molecule has 0 saturated heterocycles. The molecule has 156 valence electrons. The number of benzene rings is 3. The summed E-state index contributed by atoms with van der Waals surface area (Å²) in [5.41, 5.74) is 3.33. The number of carbonyl (C=O) groups is 1. The molecule has 30 heavy (non-hydrogen) atoms. The summed E-state index contributed by atoms with van der Waals surface area (Å²) in [5, 5.41) is 0. The fourth-order valence-electron chi connectivity index (χ4n) is 3.09. The second-order valence-electron chi connectivity index (χ2n) is 6.93. The summed E-state index contributed by atoms with van der Waals surface area (Å²) < 4.78 is 16.3. The van der Waals surface area contributed by atoms with Gasteiger partial charge in [0.15, 0.2) is 18.1 Å². The van der Waals surface area contributed by atoms with Crippen LogP contribution in [0, 0.1) is 0 Å². The van der Waals surface area contributed by atoms with E-state index in [9.17, 15) is 4.79 Å². The lowest BCUT2D eigenvalue weighted by Crippen LogP contribution is -2.33. The minimum absolute atomic E-state index is 0.00706. The van der Waals surface area contributed by atoms with E-state index in [0.29, 0.717) is 30.2 Å². The Morgan fingerprint density at radius 1 is 0.833 bits per heavy atom. The normalized spacial score (nSPS) is 10.4. The molecular formula is C25H27NO4. The summed E-state index contributed by atoms with van der Waals surface area (Å²) in [7, 11) is 5.01. The summed E-state index contributed by atoms with van der Waals surface area (Å²) in [5.74, 6) is 1.99. The first-order valence-electron chi connectivity index (χ1n) is 9.84. The van der Waals surface area contributed by atoms with Crippen LogP contribution in [0.5, 0.6) is 17.2 Å². The molecule has 0 unspecified atom stereocenters. The third-order valence-corrected chi connectivity index (χ3v) is 4.93. The highest BCUT2D eigenvalue weighted by atomic mass is 16.5. The highest BCUT2D eigenvalue weighted by molar-refractivity contribution is 5.77. The van der Waals surface area contributed by atoms with Crippen LogP contribution in [0.15, 0.2) is 72.8 Å². The lowest BCUT2D eigenvalue weighted by atomic mass is 10.1. The van der Waals surface area contributed by atoms with E-state index < -0.39 is 0 Å². The van der Waals surface area contributed by atoms with E-state index in [2.05, 4.69) is 12.1 Å². The maximum atomic E-state index is 12.4. The van der Waals surface area contributed by atoms with Crippen molar-refractivity contribution < 1.29 is 19.0 Å². The van der Waals surface area contributed by atoms with Crippen LogP contribution < -0.4 is 14.2 Å². The first kappa shape index (κ1) is 21.2. The molecule has 0 radical (unpaired) electrons. The molecule has 0 N–H and O–H groups in total. The summed E-state index contributed by atoms with van der Waals surface area (Å²) >= 11 is 0. The van der Waals surface area contributed by atoms with E-state index in [0.717, 1.165) is 16.7 Å². The topological polar surface area (TPSA) is 48.0 Å². The average molecular weight is 405 g/mol. The van der Waals surface area contributed by atoms with Crippen molar-refractivity contribution in [2.45, 2.75) is 6.42 Å². The van der Waals surface area contributed by atoms with Gasteiger partial charge in [0.25, 0.3) is 5.91 Å². The number of likely N-dealkylation sites (N-methyl/N-ethyl adjacent to an activating group) is 1. The van der Waals surface area contributed by atoms with Gasteiger partial charge in [0.2, 0.25) is 0 Å². The van der Waals surface area contributed by atoms with Crippen molar-refractivity contribution >= 4 is 5.91 Å². The van der Waals surface area contributed by atoms with Gasteiger partial charge < -0.3 is 19.1 Å². The van der Waals surface area contributed by atoms with E-state index in [1.165, 1.54) is 0 Å². The molecule has 0 aliphatic heterocycles. The molecule has 3 rings (SSSR count). The van der Waals surface area contributed by atoms with Gasteiger partial charge in [-0.1, -0.05) is 48.5 Å². The molecular weight excluding hydrogens is 378 g/mol. The van der Waals surface area contributed by atoms with Crippen molar-refractivity contribution in [3.05, 3.63) is 78.4 Å². The number of ether oxygens (including phenoxy) is 3. The van der Waals surface area contributed by atoms with Crippen LogP contribution >= 0.6 is 0 Å². The SMILES string of the molecule is COc1ccc(CCN(C)C(=O)COc2ccc(-c3ccccc3)cc2)cc1OC. The third-order valence-electron chi connectivity index (χ3n) is 4.93. The predicted octanol–water partition coefficient (Wildman–Crippen LogP) is 4.45. The van der Waals surface area contributed by atoms with Crippen molar-refractivity contribution in [3.63, 3.8) is 0 Å². The molecule has 1 amide bonds. The van der Waals surface area contributed by atoms with Crippen LogP contribution in [0.3, 0.4) is 0 Å². The summed E-state index contributed by atoms with van der Waals surface area (Å²) in [6.07, 6.45) is 0.717. The van der Waals surface area contributed by atoms with Gasteiger partial charge in [-0.05, 0) is 47.4 Å². The monoisotopic (exact) mass is 405 g/mol. The smallest absolute Gasteiger partial charge is 0.260 e. The van der Waals surface area contributed by atoms with E-state index in [1.807, 2.05) is 60.7 Å². The Balaban J connectivity index is 1.49. The molecule has 0 heterocycles. The fourth-order valence-corrected chi connectivity index (χ4v) is 3.09. The van der Waals surface area contributed by atoms with Gasteiger partial charge in [0.05, 0.1) is 14.2 Å². The molecule has 3 aromatic carbocycles. The summed E-state index contributed by atoms with van der Waals surface area (Å²) in [6.45, 7) is 0.595. The van der Waals surface area contributed by atoms with E-state index in [4.69, 9.17) is 14.2 Å². The average Bonchev–Trinajstić information content (AvgIpc) is 2.81. The Morgan fingerprint density at radius 3 is 2.17 bits per heavy atom. The standard InChI is InChI=1S/C25H27NO4/c1-26(16-15-19-9-14-23(28-2)24(17-19)29-3)25(27)18-30-22-12-10-21(11-13-22)20-7-5-4-6-8-20/h4-14,17H,15-16,18H2,1-3H3. The van der Waals surface area contributed by atoms with Gasteiger partial charge in [-0.3, -0.25) is 4.79 Å². The van der Waals surface area contributed by atoms with E-state index in [1.54, 1.807) is 26.2 Å². The molecule has 0 aliphatic rings. The van der Waals surface area contributed by atoms with Gasteiger partial charge in [-0.25, -0.2) is 0 Å². The number of carbonyl (C=O) groups excluding carboxylic acids is 1. The number of hydrogen-bond donors (Lipinski definition) is 0. The number of rotatable bonds is 9. The molecule has 0 aromatic heterocycles. The maximum absolute atomic E-state index is 12.4. The van der Waals surface area contributed by atoms with Crippen LogP contribution in [0.25, 0.3) is 11.1 Å². The largest absolute Gasteiger partial charge is 0.493 e. The molecule has 0 fully saturated rings. The van der Waals surface area contributed by atoms with Gasteiger partial charge in [0.1, 0.15) is 5.75 Å². The van der Waals surface area contributed by atoms with Crippen molar-refractivity contribution in [1.29, 1.82) is 0 Å². The predicted molar refractivity (Wildman–Crippen MR) is 118 cm³/mol. The minimum Gasteiger partial charge on any atom is -0.493 e. The van der Waals surface area contributed by atoms with Crippen molar-refractivity contribution in [3.8, 4) is 28.4 Å². The van der Waals surface area contributed by atoms with Crippen molar-refractivity contribution in [2.24, 2.45) is 0 Å². The third kappa shape index (κ3) is 5.54. The zero-order valence-corrected chi connectivity index (χ0v) is 17.6. The second-order valence-corrected chi connectivity index (χ2v) is 6.93. The Bertz CT molecular complexity index is 955. The first-order valence-corrected chi connectivity index (χ1v) is 9.84. The molecule has 5 nitrogen and oxygen atoms in total. The number of amides is 1. The quantitative estimate of drug-likeness (QED) is 0.528. The van der Waals surface area contributed by atoms with Gasteiger partial charge >= 0.3 is 0 Å². The fraction of sp³-hybridized carbons (Fsp3) is 0.240. The molecule has 0 bridgehead atoms. The van der Waals surface area contributed by atoms with Crippen LogP contribution in [0.1, 0.15) is 5.56 Å². The Morgan fingerprint density at radius 2 is 1.50 bits per heavy atom. The van der Waals surface area contributed by atoms with Crippen molar-refractivity contribution in [1.82, 2.24) is 4.90 Å². The lowest BCUT2D eigenvalue weighted by Gasteiger charge is -2.18. The van der Waals surface area contributed by atoms with Crippen LogP contribution in [0.4, 0.5) is 0 Å². The molecule has 0 atom stereocenters. The number of hydrogen-bond acceptors (Lipinski definition) is 4. The second kappa shape index (κ2) is 10.3. The molecule has 5 heteroatoms. The molecule has 0 aliphatic carbocycles. The number of methoxy groups -OCH3 is 2. The zero-order chi connectivity index (χ0) is 21.3. The minimum atomic E-state index is -0.0670. The van der Waals surface area contributed by atoms with Crippen molar-refractivity contribution in [2.75, 3.05) is 34.4 Å². The van der Waals surface area contributed by atoms with E-state index in [-0.39, 0.29) is 12.5 Å². The summed E-state index contributed by atoms with van der Waals surface area (Å²) in [6, 6.07) is 23.7. The Hall–Kier alpha value is -3.47.